The molecule has 0 unspecified atom stereocenters. The highest BCUT2D eigenvalue weighted by molar-refractivity contribution is 5.53. The number of aromatic nitrogens is 3. The molecule has 2 heterocycles. The Labute approximate surface area is 118 Å². The van der Waals surface area contributed by atoms with Crippen molar-refractivity contribution < 1.29 is 4.74 Å². The van der Waals surface area contributed by atoms with Crippen LogP contribution in [0.25, 0.3) is 5.69 Å². The summed E-state index contributed by atoms with van der Waals surface area (Å²) in [5.41, 5.74) is 2.42. The number of hydrogen-bond donors (Lipinski definition) is 0. The molecule has 4 rings (SSSR count). The molecular weight excluding hydrogens is 252 g/mol. The Kier molecular flexibility index (Phi) is 2.65. The molecule has 2 aromatic rings. The van der Waals surface area contributed by atoms with Crippen LogP contribution in [0, 0.1) is 5.92 Å². The maximum absolute atomic E-state index is 5.47. The van der Waals surface area contributed by atoms with Gasteiger partial charge in [-0.3, -0.25) is 0 Å². The van der Waals surface area contributed by atoms with Gasteiger partial charge in [-0.05, 0) is 37.3 Å². The maximum Gasteiger partial charge on any atom is 0.337 e. The first-order valence-electron chi connectivity index (χ1n) is 7.28. The highest BCUT2D eigenvalue weighted by atomic mass is 16.5. The van der Waals surface area contributed by atoms with Crippen molar-refractivity contribution in [2.75, 3.05) is 18.1 Å². The number of para-hydroxylation sites is 1. The molecule has 5 nitrogen and oxygen atoms in total. The molecule has 0 bridgehead atoms. The van der Waals surface area contributed by atoms with E-state index in [0.717, 1.165) is 30.6 Å². The van der Waals surface area contributed by atoms with Crippen LogP contribution in [0.1, 0.15) is 25.3 Å². The Balaban J connectivity index is 1.77. The highest BCUT2D eigenvalue weighted by Crippen LogP contribution is 2.35. The summed E-state index contributed by atoms with van der Waals surface area (Å²) in [5, 5.41) is 4.50. The third-order valence-electron chi connectivity index (χ3n) is 3.88. The van der Waals surface area contributed by atoms with Crippen molar-refractivity contribution in [3.63, 3.8) is 0 Å². The summed E-state index contributed by atoms with van der Waals surface area (Å²) in [5.74, 6) is 1.74. The highest BCUT2D eigenvalue weighted by Gasteiger charge is 2.31. The molecule has 1 aromatic heterocycles. The van der Waals surface area contributed by atoms with E-state index in [1.54, 1.807) is 0 Å². The van der Waals surface area contributed by atoms with E-state index in [9.17, 15) is 0 Å². The summed E-state index contributed by atoms with van der Waals surface area (Å²) in [6.07, 6.45) is 2.68. The summed E-state index contributed by atoms with van der Waals surface area (Å²) in [6, 6.07) is 8.86. The number of benzene rings is 1. The van der Waals surface area contributed by atoms with Crippen LogP contribution in [0.4, 0.5) is 5.95 Å². The predicted molar refractivity (Wildman–Crippen MR) is 76.3 cm³/mol. The van der Waals surface area contributed by atoms with Crippen molar-refractivity contribution in [2.45, 2.75) is 26.3 Å². The van der Waals surface area contributed by atoms with Crippen molar-refractivity contribution in [3.05, 3.63) is 29.8 Å². The van der Waals surface area contributed by atoms with Crippen molar-refractivity contribution in [3.8, 4) is 11.7 Å². The first-order valence-corrected chi connectivity index (χ1v) is 7.28. The second kappa shape index (κ2) is 4.51. The van der Waals surface area contributed by atoms with Gasteiger partial charge in [-0.2, -0.15) is 9.67 Å². The van der Waals surface area contributed by atoms with E-state index in [4.69, 9.17) is 4.74 Å². The number of ether oxygens (including phenoxy) is 1. The fourth-order valence-electron chi connectivity index (χ4n) is 2.73. The Bertz CT molecular complexity index is 633. The lowest BCUT2D eigenvalue weighted by Gasteiger charge is -2.29. The Morgan fingerprint density at radius 1 is 1.30 bits per heavy atom. The van der Waals surface area contributed by atoms with Gasteiger partial charge >= 0.3 is 6.01 Å². The van der Waals surface area contributed by atoms with Gasteiger partial charge in [0, 0.05) is 13.1 Å². The van der Waals surface area contributed by atoms with Crippen LogP contribution in [0.3, 0.4) is 0 Å². The first-order chi connectivity index (χ1) is 9.85. The van der Waals surface area contributed by atoms with Crippen molar-refractivity contribution in [1.82, 2.24) is 14.8 Å². The summed E-state index contributed by atoms with van der Waals surface area (Å²) in [4.78, 5) is 6.89. The van der Waals surface area contributed by atoms with E-state index >= 15 is 0 Å². The summed E-state index contributed by atoms with van der Waals surface area (Å²) in [6.45, 7) is 4.53. The molecule has 104 valence electrons. The Morgan fingerprint density at radius 2 is 2.15 bits per heavy atom. The SMILES string of the molecule is CCOc1nc2n(n1)-c1ccccc1CN2CC1CC1. The van der Waals surface area contributed by atoms with E-state index in [-0.39, 0.29) is 0 Å². The van der Waals surface area contributed by atoms with E-state index in [2.05, 4.69) is 33.2 Å². The second-order valence-corrected chi connectivity index (χ2v) is 5.49. The van der Waals surface area contributed by atoms with Crippen LogP contribution in [0.5, 0.6) is 6.01 Å². The van der Waals surface area contributed by atoms with Crippen LogP contribution in [0.2, 0.25) is 0 Å². The van der Waals surface area contributed by atoms with Gasteiger partial charge in [0.25, 0.3) is 0 Å². The molecule has 0 amide bonds. The summed E-state index contributed by atoms with van der Waals surface area (Å²) in [7, 11) is 0. The molecule has 20 heavy (non-hydrogen) atoms. The van der Waals surface area contributed by atoms with Crippen LogP contribution < -0.4 is 9.64 Å². The Morgan fingerprint density at radius 3 is 2.95 bits per heavy atom. The maximum atomic E-state index is 5.47. The molecule has 1 fully saturated rings. The lowest BCUT2D eigenvalue weighted by atomic mass is 10.1. The molecule has 1 saturated carbocycles. The van der Waals surface area contributed by atoms with Gasteiger partial charge in [0.15, 0.2) is 0 Å². The first kappa shape index (κ1) is 11.8. The standard InChI is InChI=1S/C15H18N4O/c1-2-20-14-16-15-18(9-11-7-8-11)10-12-5-3-4-6-13(12)19(15)17-14/h3-6,11H,2,7-10H2,1H3. The van der Waals surface area contributed by atoms with Crippen LogP contribution >= 0.6 is 0 Å². The zero-order valence-corrected chi connectivity index (χ0v) is 11.6. The fourth-order valence-corrected chi connectivity index (χ4v) is 2.73. The third-order valence-corrected chi connectivity index (χ3v) is 3.88. The van der Waals surface area contributed by atoms with Gasteiger partial charge in [-0.1, -0.05) is 18.2 Å². The number of rotatable bonds is 4. The largest absolute Gasteiger partial charge is 0.463 e. The molecule has 1 aliphatic heterocycles. The van der Waals surface area contributed by atoms with Gasteiger partial charge in [-0.15, -0.1) is 5.10 Å². The van der Waals surface area contributed by atoms with E-state index < -0.39 is 0 Å². The summed E-state index contributed by atoms with van der Waals surface area (Å²) >= 11 is 0. The summed E-state index contributed by atoms with van der Waals surface area (Å²) < 4.78 is 7.40. The van der Waals surface area contributed by atoms with Crippen molar-refractivity contribution in [2.24, 2.45) is 5.92 Å². The molecule has 1 aromatic carbocycles. The molecule has 1 aliphatic carbocycles. The molecule has 0 spiro atoms. The van der Waals surface area contributed by atoms with Crippen molar-refractivity contribution in [1.29, 1.82) is 0 Å². The molecule has 0 radical (unpaired) electrons. The molecular formula is C15H18N4O. The predicted octanol–water partition coefficient (Wildman–Crippen LogP) is 2.40. The zero-order valence-electron chi connectivity index (χ0n) is 11.6. The van der Waals surface area contributed by atoms with Gasteiger partial charge in [-0.25, -0.2) is 0 Å². The van der Waals surface area contributed by atoms with Crippen LogP contribution in [-0.2, 0) is 6.54 Å². The topological polar surface area (TPSA) is 43.2 Å². The van der Waals surface area contributed by atoms with Gasteiger partial charge in [0.05, 0.1) is 12.3 Å². The normalized spacial score (nSPS) is 16.8. The molecule has 0 saturated heterocycles. The van der Waals surface area contributed by atoms with Gasteiger partial charge < -0.3 is 9.64 Å². The van der Waals surface area contributed by atoms with E-state index in [1.807, 2.05) is 17.7 Å². The van der Waals surface area contributed by atoms with Crippen LogP contribution in [-0.4, -0.2) is 27.9 Å². The lowest BCUT2D eigenvalue weighted by Crippen LogP contribution is -2.32. The minimum Gasteiger partial charge on any atom is -0.463 e. The number of nitrogens with zero attached hydrogens (tertiary/aromatic N) is 4. The smallest absolute Gasteiger partial charge is 0.337 e. The average Bonchev–Trinajstić information content (AvgIpc) is 3.16. The van der Waals surface area contributed by atoms with E-state index in [0.29, 0.717) is 12.6 Å². The zero-order chi connectivity index (χ0) is 13.5. The monoisotopic (exact) mass is 270 g/mol. The number of fused-ring (bicyclic) bond motifs is 3. The Hall–Kier alpha value is -2.04. The molecule has 2 aliphatic rings. The fraction of sp³-hybridized carbons (Fsp3) is 0.467. The average molecular weight is 270 g/mol. The number of hydrogen-bond acceptors (Lipinski definition) is 4. The molecule has 0 N–H and O–H groups in total. The number of anilines is 1. The minimum absolute atomic E-state index is 0.472. The molecule has 5 heteroatoms. The van der Waals surface area contributed by atoms with Gasteiger partial charge in [0.2, 0.25) is 5.95 Å². The quantitative estimate of drug-likeness (QED) is 0.855. The minimum atomic E-state index is 0.472. The van der Waals surface area contributed by atoms with Gasteiger partial charge in [0.1, 0.15) is 0 Å². The molecule has 0 atom stereocenters. The third kappa shape index (κ3) is 1.94. The lowest BCUT2D eigenvalue weighted by molar-refractivity contribution is 0.312. The van der Waals surface area contributed by atoms with E-state index in [1.165, 1.54) is 18.4 Å². The second-order valence-electron chi connectivity index (χ2n) is 5.49. The van der Waals surface area contributed by atoms with Crippen LogP contribution in [0.15, 0.2) is 24.3 Å². The van der Waals surface area contributed by atoms with Crippen molar-refractivity contribution >= 4 is 5.95 Å².